The molecule has 3 rings (SSSR count). The number of hydrogen-bond donors (Lipinski definition) is 1. The summed E-state index contributed by atoms with van der Waals surface area (Å²) in [5.41, 5.74) is 5.43. The Kier molecular flexibility index (Phi) is 4.03. The maximum absolute atomic E-state index is 4.70. The summed E-state index contributed by atoms with van der Waals surface area (Å²) in [5.74, 6) is 0. The molecule has 1 aromatic heterocycles. The van der Waals surface area contributed by atoms with Gasteiger partial charge in [0.15, 0.2) is 0 Å². The predicted octanol–water partition coefficient (Wildman–Crippen LogP) is 3.12. The molecule has 0 fully saturated rings. The molecule has 0 saturated carbocycles. The zero-order valence-corrected chi connectivity index (χ0v) is 13.0. The van der Waals surface area contributed by atoms with Crippen LogP contribution in [0, 0.1) is 6.92 Å². The number of nitrogens with zero attached hydrogens (tertiary/aromatic N) is 2. The Balaban J connectivity index is 1.78. The minimum atomic E-state index is 0.862. The van der Waals surface area contributed by atoms with Crippen molar-refractivity contribution in [2.24, 2.45) is 0 Å². The standard InChI is InChI=1S/C16H21N3S/c1-12-5-6-15-13(8-12)4-3-7-19(15)10-14-11-20-16(18-14)9-17-2/h5-6,8,11,17H,3-4,7,9-10H2,1-2H3. The summed E-state index contributed by atoms with van der Waals surface area (Å²) in [5, 5.41) is 6.52. The molecule has 20 heavy (non-hydrogen) atoms. The van der Waals surface area contributed by atoms with Crippen LogP contribution in [0.15, 0.2) is 23.6 Å². The molecule has 2 heterocycles. The van der Waals surface area contributed by atoms with Gasteiger partial charge in [0.25, 0.3) is 0 Å². The Morgan fingerprint density at radius 3 is 3.15 bits per heavy atom. The monoisotopic (exact) mass is 287 g/mol. The second kappa shape index (κ2) is 5.94. The van der Waals surface area contributed by atoms with Crippen LogP contribution >= 0.6 is 11.3 Å². The molecule has 1 N–H and O–H groups in total. The molecule has 0 aliphatic carbocycles. The van der Waals surface area contributed by atoms with Gasteiger partial charge in [-0.3, -0.25) is 0 Å². The van der Waals surface area contributed by atoms with E-state index in [4.69, 9.17) is 4.98 Å². The van der Waals surface area contributed by atoms with E-state index in [9.17, 15) is 0 Å². The van der Waals surface area contributed by atoms with E-state index in [0.717, 1.165) is 19.6 Å². The number of aryl methyl sites for hydroxylation is 2. The van der Waals surface area contributed by atoms with Gasteiger partial charge in [-0.15, -0.1) is 11.3 Å². The maximum atomic E-state index is 4.70. The second-order valence-electron chi connectivity index (χ2n) is 5.42. The number of aromatic nitrogens is 1. The molecule has 0 bridgehead atoms. The Morgan fingerprint density at radius 1 is 1.40 bits per heavy atom. The van der Waals surface area contributed by atoms with E-state index in [2.05, 4.69) is 40.7 Å². The van der Waals surface area contributed by atoms with Crippen molar-refractivity contribution >= 4 is 17.0 Å². The molecule has 0 radical (unpaired) electrons. The number of benzene rings is 1. The summed E-state index contributed by atoms with van der Waals surface area (Å²) in [4.78, 5) is 7.17. The first-order valence-corrected chi connectivity index (χ1v) is 8.06. The number of hydrogen-bond acceptors (Lipinski definition) is 4. The van der Waals surface area contributed by atoms with Crippen molar-refractivity contribution in [1.29, 1.82) is 0 Å². The van der Waals surface area contributed by atoms with Crippen molar-refractivity contribution in [3.8, 4) is 0 Å². The van der Waals surface area contributed by atoms with E-state index in [1.807, 2.05) is 7.05 Å². The third-order valence-corrected chi connectivity index (χ3v) is 4.63. The van der Waals surface area contributed by atoms with Crippen molar-refractivity contribution in [1.82, 2.24) is 10.3 Å². The molecule has 1 aliphatic rings. The number of thiazole rings is 1. The number of fused-ring (bicyclic) bond motifs is 1. The van der Waals surface area contributed by atoms with Crippen LogP contribution in [0.3, 0.4) is 0 Å². The van der Waals surface area contributed by atoms with Gasteiger partial charge < -0.3 is 10.2 Å². The zero-order valence-electron chi connectivity index (χ0n) is 12.1. The molecule has 0 amide bonds. The molecular formula is C16H21N3S. The largest absolute Gasteiger partial charge is 0.365 e. The second-order valence-corrected chi connectivity index (χ2v) is 6.36. The summed E-state index contributed by atoms with van der Waals surface area (Å²) < 4.78 is 0. The highest BCUT2D eigenvalue weighted by atomic mass is 32.1. The average molecular weight is 287 g/mol. The summed E-state index contributed by atoms with van der Waals surface area (Å²) >= 11 is 1.75. The van der Waals surface area contributed by atoms with Crippen LogP contribution < -0.4 is 10.2 Å². The fraction of sp³-hybridized carbons (Fsp3) is 0.438. The summed E-state index contributed by atoms with van der Waals surface area (Å²) in [6.45, 7) is 5.09. The van der Waals surface area contributed by atoms with E-state index in [-0.39, 0.29) is 0 Å². The molecular weight excluding hydrogens is 266 g/mol. The van der Waals surface area contributed by atoms with Gasteiger partial charge in [-0.05, 0) is 38.4 Å². The highest BCUT2D eigenvalue weighted by Crippen LogP contribution is 2.29. The third-order valence-electron chi connectivity index (χ3n) is 3.73. The molecule has 1 aromatic carbocycles. The number of anilines is 1. The van der Waals surface area contributed by atoms with E-state index < -0.39 is 0 Å². The average Bonchev–Trinajstić information content (AvgIpc) is 2.86. The predicted molar refractivity (Wildman–Crippen MR) is 85.4 cm³/mol. The highest BCUT2D eigenvalue weighted by molar-refractivity contribution is 7.09. The topological polar surface area (TPSA) is 28.2 Å². The van der Waals surface area contributed by atoms with E-state index in [1.165, 1.54) is 40.4 Å². The highest BCUT2D eigenvalue weighted by Gasteiger charge is 2.17. The van der Waals surface area contributed by atoms with Crippen LogP contribution in [-0.2, 0) is 19.5 Å². The van der Waals surface area contributed by atoms with Gasteiger partial charge in [0.05, 0.1) is 12.2 Å². The summed E-state index contributed by atoms with van der Waals surface area (Å²) in [6.07, 6.45) is 2.44. The van der Waals surface area contributed by atoms with E-state index in [0.29, 0.717) is 0 Å². The molecule has 1 aliphatic heterocycles. The van der Waals surface area contributed by atoms with Crippen molar-refractivity contribution in [2.75, 3.05) is 18.5 Å². The molecule has 2 aromatic rings. The lowest BCUT2D eigenvalue weighted by atomic mass is 9.99. The van der Waals surface area contributed by atoms with Crippen molar-refractivity contribution < 1.29 is 0 Å². The van der Waals surface area contributed by atoms with E-state index in [1.54, 1.807) is 11.3 Å². The van der Waals surface area contributed by atoms with Crippen LogP contribution in [-0.4, -0.2) is 18.6 Å². The van der Waals surface area contributed by atoms with Gasteiger partial charge in [0.2, 0.25) is 0 Å². The lowest BCUT2D eigenvalue weighted by Gasteiger charge is -2.31. The Bertz CT molecular complexity index is 591. The molecule has 106 valence electrons. The van der Waals surface area contributed by atoms with Gasteiger partial charge in [0, 0.05) is 24.2 Å². The Labute approximate surface area is 124 Å². The minimum absolute atomic E-state index is 0.862. The molecule has 0 atom stereocenters. The van der Waals surface area contributed by atoms with Crippen LogP contribution in [0.2, 0.25) is 0 Å². The third kappa shape index (κ3) is 2.86. The minimum Gasteiger partial charge on any atom is -0.365 e. The van der Waals surface area contributed by atoms with E-state index >= 15 is 0 Å². The number of nitrogens with one attached hydrogen (secondary N) is 1. The normalized spacial score (nSPS) is 14.4. The van der Waals surface area contributed by atoms with Crippen LogP contribution in [0.4, 0.5) is 5.69 Å². The summed E-state index contributed by atoms with van der Waals surface area (Å²) in [6, 6.07) is 6.81. The fourth-order valence-corrected chi connectivity index (χ4v) is 3.61. The first-order chi connectivity index (χ1) is 9.76. The first kappa shape index (κ1) is 13.6. The van der Waals surface area contributed by atoms with Gasteiger partial charge in [-0.1, -0.05) is 17.7 Å². The smallest absolute Gasteiger partial charge is 0.107 e. The van der Waals surface area contributed by atoms with Gasteiger partial charge in [-0.2, -0.15) is 0 Å². The molecule has 0 unspecified atom stereocenters. The Morgan fingerprint density at radius 2 is 2.30 bits per heavy atom. The maximum Gasteiger partial charge on any atom is 0.107 e. The lowest BCUT2D eigenvalue weighted by Crippen LogP contribution is -2.29. The SMILES string of the molecule is CNCc1nc(CN2CCCc3cc(C)ccc32)cs1. The quantitative estimate of drug-likeness (QED) is 0.936. The molecule has 4 heteroatoms. The molecule has 3 nitrogen and oxygen atoms in total. The van der Waals surface area contributed by atoms with Crippen molar-refractivity contribution in [3.63, 3.8) is 0 Å². The number of rotatable bonds is 4. The van der Waals surface area contributed by atoms with Crippen LogP contribution in [0.25, 0.3) is 0 Å². The molecule has 0 spiro atoms. The lowest BCUT2D eigenvalue weighted by molar-refractivity contribution is 0.682. The first-order valence-electron chi connectivity index (χ1n) is 7.18. The zero-order chi connectivity index (χ0) is 13.9. The van der Waals surface area contributed by atoms with Crippen molar-refractivity contribution in [3.05, 3.63) is 45.4 Å². The van der Waals surface area contributed by atoms with Gasteiger partial charge in [-0.25, -0.2) is 4.98 Å². The van der Waals surface area contributed by atoms with Gasteiger partial charge >= 0.3 is 0 Å². The van der Waals surface area contributed by atoms with Crippen molar-refractivity contribution in [2.45, 2.75) is 32.9 Å². The fourth-order valence-electron chi connectivity index (χ4n) is 2.82. The van der Waals surface area contributed by atoms with Crippen LogP contribution in [0.5, 0.6) is 0 Å². The van der Waals surface area contributed by atoms with Crippen LogP contribution in [0.1, 0.15) is 28.2 Å². The Hall–Kier alpha value is -1.39. The molecule has 0 saturated heterocycles. The van der Waals surface area contributed by atoms with Gasteiger partial charge in [0.1, 0.15) is 5.01 Å². The summed E-state index contributed by atoms with van der Waals surface area (Å²) in [7, 11) is 1.96.